The fourth-order valence-corrected chi connectivity index (χ4v) is 5.53. The molecule has 48 heavy (non-hydrogen) atoms. The van der Waals surface area contributed by atoms with Crippen molar-refractivity contribution in [1.82, 2.24) is 0 Å². The van der Waals surface area contributed by atoms with E-state index in [1.807, 2.05) is 0 Å². The van der Waals surface area contributed by atoms with Crippen LogP contribution in [0.25, 0.3) is 0 Å². The molecule has 0 bridgehead atoms. The third kappa shape index (κ3) is 12.7. The van der Waals surface area contributed by atoms with E-state index >= 15 is 0 Å². The highest BCUT2D eigenvalue weighted by molar-refractivity contribution is 9.10. The standard InChI is InChI=1S/C16H12BrClF3NO3.C16H14BrClF3NO/c17-10-5-6-15(13(9-10)22(23)24)25-14(7-8-16(19,20)21)11-3-1-2-4-12(11)18;17-10-5-6-15(13(22)9-10)23-14(7-8-16(19,20)21)11-3-1-2-4-12(11)18/h1-6,9,14H,7-8H2;1-6,9,14H,7-8,22H2. The first kappa shape index (κ1) is 39.2. The summed E-state index contributed by atoms with van der Waals surface area (Å²) in [4.78, 5) is 10.5. The van der Waals surface area contributed by atoms with Gasteiger partial charge in [-0.2, -0.15) is 26.3 Å². The smallest absolute Gasteiger partial charge is 0.389 e. The molecule has 0 aliphatic carbocycles. The summed E-state index contributed by atoms with van der Waals surface area (Å²) in [6.45, 7) is 0. The summed E-state index contributed by atoms with van der Waals surface area (Å²) in [7, 11) is 0. The molecular weight excluding hydrogens is 821 g/mol. The van der Waals surface area contributed by atoms with Crippen molar-refractivity contribution < 1.29 is 40.7 Å². The van der Waals surface area contributed by atoms with Crippen LogP contribution in [0.15, 0.2) is 93.9 Å². The van der Waals surface area contributed by atoms with Crippen molar-refractivity contribution in [3.05, 3.63) is 125 Å². The predicted octanol–water partition coefficient (Wildman–Crippen LogP) is 12.6. The Morgan fingerprint density at radius 3 is 1.54 bits per heavy atom. The Balaban J connectivity index is 0.000000261. The predicted molar refractivity (Wildman–Crippen MR) is 180 cm³/mol. The average Bonchev–Trinajstić information content (AvgIpc) is 2.99. The van der Waals surface area contributed by atoms with Gasteiger partial charge in [-0.15, -0.1) is 0 Å². The fourth-order valence-electron chi connectivity index (χ4n) is 4.28. The molecule has 2 atom stereocenters. The number of benzene rings is 4. The molecule has 0 heterocycles. The molecule has 4 aromatic rings. The highest BCUT2D eigenvalue weighted by atomic mass is 79.9. The van der Waals surface area contributed by atoms with Gasteiger partial charge in [-0.25, -0.2) is 0 Å². The number of nitrogens with zero attached hydrogens (tertiary/aromatic N) is 1. The number of alkyl halides is 6. The molecule has 0 fully saturated rings. The molecule has 2 N–H and O–H groups in total. The van der Waals surface area contributed by atoms with Crippen molar-refractivity contribution in [2.24, 2.45) is 0 Å². The van der Waals surface area contributed by atoms with Crippen molar-refractivity contribution in [1.29, 1.82) is 0 Å². The number of nitro benzene ring substituents is 1. The van der Waals surface area contributed by atoms with Gasteiger partial charge in [-0.1, -0.05) is 91.5 Å². The number of nitrogen functional groups attached to an aromatic ring is 1. The van der Waals surface area contributed by atoms with E-state index in [1.54, 1.807) is 54.6 Å². The first-order chi connectivity index (χ1) is 22.4. The number of nitro groups is 1. The summed E-state index contributed by atoms with van der Waals surface area (Å²) in [5.41, 5.74) is 6.68. The lowest BCUT2D eigenvalue weighted by atomic mass is 10.0. The van der Waals surface area contributed by atoms with Gasteiger partial charge in [-0.05, 0) is 55.3 Å². The molecule has 0 spiro atoms. The van der Waals surface area contributed by atoms with Crippen LogP contribution in [0.1, 0.15) is 49.0 Å². The molecule has 258 valence electrons. The molecule has 0 aromatic heterocycles. The van der Waals surface area contributed by atoms with Gasteiger partial charge in [0.1, 0.15) is 18.0 Å². The molecule has 0 radical (unpaired) electrons. The van der Waals surface area contributed by atoms with Crippen LogP contribution in [-0.4, -0.2) is 17.3 Å². The SMILES string of the molecule is Nc1cc(Br)ccc1OC(CCC(F)(F)F)c1ccccc1Cl.O=[N+]([O-])c1cc(Br)ccc1OC(CCC(F)(F)F)c1ccccc1Cl. The largest absolute Gasteiger partial charge is 0.484 e. The lowest BCUT2D eigenvalue weighted by Crippen LogP contribution is -2.15. The molecule has 4 rings (SSSR count). The Bertz CT molecular complexity index is 1700. The van der Waals surface area contributed by atoms with E-state index in [-0.39, 0.29) is 22.9 Å². The van der Waals surface area contributed by atoms with Gasteiger partial charge in [0.2, 0.25) is 0 Å². The zero-order valence-electron chi connectivity index (χ0n) is 24.5. The summed E-state index contributed by atoms with van der Waals surface area (Å²) in [6, 6.07) is 22.0. The number of hydrogen-bond acceptors (Lipinski definition) is 5. The van der Waals surface area contributed by atoms with Crippen LogP contribution in [0, 0.1) is 10.1 Å². The van der Waals surface area contributed by atoms with Crippen LogP contribution in [-0.2, 0) is 0 Å². The highest BCUT2D eigenvalue weighted by Gasteiger charge is 2.32. The second kappa shape index (κ2) is 17.5. The topological polar surface area (TPSA) is 87.6 Å². The van der Waals surface area contributed by atoms with E-state index in [2.05, 4.69) is 31.9 Å². The first-order valence-electron chi connectivity index (χ1n) is 13.9. The minimum Gasteiger partial charge on any atom is -0.484 e. The lowest BCUT2D eigenvalue weighted by molar-refractivity contribution is -0.386. The Labute approximate surface area is 298 Å². The Morgan fingerprint density at radius 2 is 1.12 bits per heavy atom. The van der Waals surface area contributed by atoms with E-state index in [9.17, 15) is 36.5 Å². The highest BCUT2D eigenvalue weighted by Crippen LogP contribution is 2.39. The van der Waals surface area contributed by atoms with Crippen molar-refractivity contribution in [2.45, 2.75) is 50.2 Å². The Morgan fingerprint density at radius 1 is 0.708 bits per heavy atom. The van der Waals surface area contributed by atoms with E-state index in [0.717, 1.165) is 4.47 Å². The van der Waals surface area contributed by atoms with Gasteiger partial charge in [0.15, 0.2) is 5.75 Å². The van der Waals surface area contributed by atoms with Crippen LogP contribution in [0.2, 0.25) is 10.0 Å². The third-order valence-electron chi connectivity index (χ3n) is 6.51. The first-order valence-corrected chi connectivity index (χ1v) is 16.2. The number of rotatable bonds is 11. The summed E-state index contributed by atoms with van der Waals surface area (Å²) in [5.74, 6) is 0.195. The molecular formula is C32H26Br2Cl2F6N2O4. The van der Waals surface area contributed by atoms with Crippen LogP contribution in [0.5, 0.6) is 11.5 Å². The average molecular weight is 847 g/mol. The molecule has 0 aliphatic rings. The Kier molecular flexibility index (Phi) is 14.3. The zero-order valence-corrected chi connectivity index (χ0v) is 29.2. The van der Waals surface area contributed by atoms with Gasteiger partial charge in [-0.3, -0.25) is 10.1 Å². The van der Waals surface area contributed by atoms with Crippen LogP contribution in [0.3, 0.4) is 0 Å². The van der Waals surface area contributed by atoms with Crippen LogP contribution >= 0.6 is 55.1 Å². The van der Waals surface area contributed by atoms with Gasteiger partial charge < -0.3 is 15.2 Å². The Hall–Kier alpha value is -3.20. The molecule has 0 saturated carbocycles. The molecule has 0 saturated heterocycles. The van der Waals surface area contributed by atoms with Gasteiger partial charge in [0, 0.05) is 49.0 Å². The summed E-state index contributed by atoms with van der Waals surface area (Å²) < 4.78 is 88.2. The van der Waals surface area contributed by atoms with E-state index in [0.29, 0.717) is 32.1 Å². The van der Waals surface area contributed by atoms with E-state index in [4.69, 9.17) is 38.4 Å². The van der Waals surface area contributed by atoms with Crippen molar-refractivity contribution >= 4 is 66.4 Å². The maximum Gasteiger partial charge on any atom is 0.389 e. The molecule has 2 unspecified atom stereocenters. The number of ether oxygens (including phenoxy) is 2. The second-order valence-electron chi connectivity index (χ2n) is 10.1. The van der Waals surface area contributed by atoms with Crippen molar-refractivity contribution in [3.8, 4) is 11.5 Å². The van der Waals surface area contributed by atoms with Crippen molar-refractivity contribution in [3.63, 3.8) is 0 Å². The lowest BCUT2D eigenvalue weighted by Gasteiger charge is -2.22. The minimum absolute atomic E-state index is 0.125. The quantitative estimate of drug-likeness (QED) is 0.0703. The van der Waals surface area contributed by atoms with Crippen LogP contribution < -0.4 is 15.2 Å². The second-order valence-corrected chi connectivity index (χ2v) is 12.8. The summed E-state index contributed by atoms with van der Waals surface area (Å²) in [5, 5.41) is 11.8. The monoisotopic (exact) mass is 844 g/mol. The van der Waals surface area contributed by atoms with Crippen molar-refractivity contribution in [2.75, 3.05) is 5.73 Å². The maximum absolute atomic E-state index is 12.6. The minimum atomic E-state index is -4.38. The molecule has 4 aromatic carbocycles. The number of anilines is 1. The number of nitrogens with two attached hydrogens (primary N) is 1. The summed E-state index contributed by atoms with van der Waals surface area (Å²) >= 11 is 18.5. The molecule has 16 heteroatoms. The van der Waals surface area contributed by atoms with E-state index < -0.39 is 48.7 Å². The maximum atomic E-state index is 12.6. The van der Waals surface area contributed by atoms with Gasteiger partial charge in [0.25, 0.3) is 0 Å². The van der Waals surface area contributed by atoms with Gasteiger partial charge in [0.05, 0.1) is 10.6 Å². The zero-order chi connectivity index (χ0) is 35.6. The number of hydrogen-bond donors (Lipinski definition) is 1. The molecule has 0 aliphatic heterocycles. The van der Waals surface area contributed by atoms with Crippen LogP contribution in [0.4, 0.5) is 37.7 Å². The fraction of sp³-hybridized carbons (Fsp3) is 0.250. The summed E-state index contributed by atoms with van der Waals surface area (Å²) in [6.07, 6.45) is -13.3. The normalized spacial score (nSPS) is 12.8. The van der Waals surface area contributed by atoms with E-state index in [1.165, 1.54) is 30.3 Å². The third-order valence-corrected chi connectivity index (χ3v) is 8.19. The number of halogens is 10. The van der Waals surface area contributed by atoms with Gasteiger partial charge >= 0.3 is 18.0 Å². The molecule has 6 nitrogen and oxygen atoms in total. The molecule has 0 amide bonds.